The number of nitrogens with one attached hydrogen (secondary N) is 1. The van der Waals surface area contributed by atoms with Crippen LogP contribution in [-0.2, 0) is 0 Å². The maximum absolute atomic E-state index is 6.05. The number of nitrogens with two attached hydrogens (primary N) is 1. The lowest BCUT2D eigenvalue weighted by molar-refractivity contribution is 0.322. The number of aryl methyl sites for hydroxylation is 2. The minimum Gasteiger partial charge on any atom is -0.492 e. The highest BCUT2D eigenvalue weighted by Crippen LogP contribution is 2.25. The number of thiocarbonyl (C=S) groups is 1. The van der Waals surface area contributed by atoms with Crippen molar-refractivity contribution in [2.75, 3.05) is 13.2 Å². The van der Waals surface area contributed by atoms with Gasteiger partial charge in [-0.2, -0.15) is 0 Å². The third-order valence-corrected chi connectivity index (χ3v) is 2.82. The van der Waals surface area contributed by atoms with Crippen LogP contribution in [-0.4, -0.2) is 18.3 Å². The summed E-state index contributed by atoms with van der Waals surface area (Å²) in [6.07, 6.45) is 0. The first kappa shape index (κ1) is 13.1. The maximum atomic E-state index is 6.05. The maximum Gasteiger partial charge on any atom is 0.163 e. The molecule has 0 unspecified atom stereocenters. The van der Waals surface area contributed by atoms with Gasteiger partial charge in [-0.1, -0.05) is 11.6 Å². The Morgan fingerprint density at radius 1 is 1.44 bits per heavy atom. The minimum atomic E-state index is 0.284. The molecule has 1 aromatic carbocycles. The Kier molecular flexibility index (Phi) is 4.83. The first-order valence-corrected chi connectivity index (χ1v) is 5.72. The van der Waals surface area contributed by atoms with E-state index in [1.54, 1.807) is 0 Å². The van der Waals surface area contributed by atoms with Crippen molar-refractivity contribution < 1.29 is 4.74 Å². The molecule has 0 aliphatic rings. The zero-order chi connectivity index (χ0) is 12.1. The lowest BCUT2D eigenvalue weighted by atomic mass is 10.1. The summed E-state index contributed by atoms with van der Waals surface area (Å²) in [6.45, 7) is 5.01. The van der Waals surface area contributed by atoms with Crippen LogP contribution in [0.1, 0.15) is 11.1 Å². The summed E-state index contributed by atoms with van der Waals surface area (Å²) in [6, 6.07) is 3.83. The fraction of sp³-hybridized carbons (Fsp3) is 0.364. The fourth-order valence-corrected chi connectivity index (χ4v) is 1.54. The van der Waals surface area contributed by atoms with E-state index in [1.165, 1.54) is 0 Å². The normalized spacial score (nSPS) is 9.94. The van der Waals surface area contributed by atoms with Gasteiger partial charge in [-0.15, -0.1) is 0 Å². The molecule has 0 atom stereocenters. The van der Waals surface area contributed by atoms with E-state index in [9.17, 15) is 0 Å². The van der Waals surface area contributed by atoms with Gasteiger partial charge < -0.3 is 15.8 Å². The summed E-state index contributed by atoms with van der Waals surface area (Å²) in [5, 5.41) is 3.88. The molecule has 16 heavy (non-hydrogen) atoms. The molecule has 3 nitrogen and oxygen atoms in total. The Bertz CT molecular complexity index is 373. The molecule has 3 N–H and O–H groups in total. The highest BCUT2D eigenvalue weighted by atomic mass is 35.5. The van der Waals surface area contributed by atoms with Crippen molar-refractivity contribution in [1.29, 1.82) is 0 Å². The van der Waals surface area contributed by atoms with Gasteiger partial charge >= 0.3 is 0 Å². The lowest BCUT2D eigenvalue weighted by Crippen LogP contribution is -2.32. The number of hydrogen-bond donors (Lipinski definition) is 2. The van der Waals surface area contributed by atoms with Crippen molar-refractivity contribution in [3.8, 4) is 5.75 Å². The molecule has 0 amide bonds. The molecule has 5 heteroatoms. The number of hydrogen-bond acceptors (Lipinski definition) is 2. The fourth-order valence-electron chi connectivity index (χ4n) is 1.33. The van der Waals surface area contributed by atoms with E-state index in [-0.39, 0.29) is 5.11 Å². The van der Waals surface area contributed by atoms with Gasteiger partial charge in [0.15, 0.2) is 5.11 Å². The van der Waals surface area contributed by atoms with E-state index in [0.29, 0.717) is 13.2 Å². The molecule has 1 rings (SSSR count). The standard InChI is InChI=1S/C11H15ClN2OS/c1-7-5-9(6-8(2)10(7)12)15-4-3-14-11(13)16/h5-6H,3-4H2,1-2H3,(H3,13,14,16). The molecule has 0 saturated carbocycles. The Labute approximate surface area is 106 Å². The van der Waals surface area contributed by atoms with E-state index in [2.05, 4.69) is 17.5 Å². The van der Waals surface area contributed by atoms with Crippen molar-refractivity contribution in [2.45, 2.75) is 13.8 Å². The summed E-state index contributed by atoms with van der Waals surface area (Å²) in [4.78, 5) is 0. The van der Waals surface area contributed by atoms with E-state index in [1.807, 2.05) is 26.0 Å². The highest BCUT2D eigenvalue weighted by Gasteiger charge is 2.03. The van der Waals surface area contributed by atoms with E-state index < -0.39 is 0 Å². The predicted octanol–water partition coefficient (Wildman–Crippen LogP) is 2.17. The molecular formula is C11H15ClN2OS. The average molecular weight is 259 g/mol. The zero-order valence-electron chi connectivity index (χ0n) is 9.34. The van der Waals surface area contributed by atoms with Crippen LogP contribution in [0.5, 0.6) is 5.75 Å². The smallest absolute Gasteiger partial charge is 0.163 e. The van der Waals surface area contributed by atoms with Gasteiger partial charge in [-0.05, 0) is 49.3 Å². The van der Waals surface area contributed by atoms with Gasteiger partial charge in [-0.3, -0.25) is 0 Å². The number of rotatable bonds is 4. The third kappa shape index (κ3) is 3.87. The van der Waals surface area contributed by atoms with Gasteiger partial charge in [0, 0.05) is 5.02 Å². The number of benzene rings is 1. The van der Waals surface area contributed by atoms with Crippen LogP contribution in [0.3, 0.4) is 0 Å². The summed E-state index contributed by atoms with van der Waals surface area (Å²) < 4.78 is 5.54. The number of ether oxygens (including phenoxy) is 1. The Morgan fingerprint density at radius 2 is 2.00 bits per heavy atom. The van der Waals surface area contributed by atoms with Crippen molar-refractivity contribution >= 4 is 28.9 Å². The molecule has 0 saturated heterocycles. The van der Waals surface area contributed by atoms with Crippen LogP contribution in [0.25, 0.3) is 0 Å². The Balaban J connectivity index is 2.52. The van der Waals surface area contributed by atoms with Crippen LogP contribution in [0.4, 0.5) is 0 Å². The molecule has 1 aromatic rings. The third-order valence-electron chi connectivity index (χ3n) is 2.08. The Morgan fingerprint density at radius 3 is 2.50 bits per heavy atom. The van der Waals surface area contributed by atoms with Gasteiger partial charge in [0.1, 0.15) is 12.4 Å². The summed E-state index contributed by atoms with van der Waals surface area (Å²) >= 11 is 10.7. The first-order chi connectivity index (χ1) is 7.50. The van der Waals surface area contributed by atoms with Crippen molar-refractivity contribution in [2.24, 2.45) is 5.73 Å². The molecule has 88 valence electrons. The predicted molar refractivity (Wildman–Crippen MR) is 71.2 cm³/mol. The monoisotopic (exact) mass is 258 g/mol. The molecule has 0 aliphatic carbocycles. The molecule has 0 bridgehead atoms. The van der Waals surface area contributed by atoms with Crippen LogP contribution < -0.4 is 15.8 Å². The molecule has 0 aromatic heterocycles. The zero-order valence-corrected chi connectivity index (χ0v) is 10.9. The van der Waals surface area contributed by atoms with Gasteiger partial charge in [-0.25, -0.2) is 0 Å². The van der Waals surface area contributed by atoms with Gasteiger partial charge in [0.05, 0.1) is 6.54 Å². The molecule has 0 aliphatic heterocycles. The summed E-state index contributed by atoms with van der Waals surface area (Å²) in [5.74, 6) is 0.809. The van der Waals surface area contributed by atoms with Crippen molar-refractivity contribution in [1.82, 2.24) is 5.32 Å². The molecule has 0 fully saturated rings. The minimum absolute atomic E-state index is 0.284. The van der Waals surface area contributed by atoms with Crippen molar-refractivity contribution in [3.05, 3.63) is 28.3 Å². The second kappa shape index (κ2) is 5.92. The van der Waals surface area contributed by atoms with Crippen LogP contribution in [0.15, 0.2) is 12.1 Å². The summed E-state index contributed by atoms with van der Waals surface area (Å²) in [5.41, 5.74) is 7.31. The van der Waals surface area contributed by atoms with Gasteiger partial charge in [0.25, 0.3) is 0 Å². The van der Waals surface area contributed by atoms with Crippen molar-refractivity contribution in [3.63, 3.8) is 0 Å². The first-order valence-electron chi connectivity index (χ1n) is 4.93. The summed E-state index contributed by atoms with van der Waals surface area (Å²) in [7, 11) is 0. The van der Waals surface area contributed by atoms with E-state index in [4.69, 9.17) is 22.1 Å². The van der Waals surface area contributed by atoms with Crippen LogP contribution in [0.2, 0.25) is 5.02 Å². The molecule has 0 spiro atoms. The Hall–Kier alpha value is -1.00. The molecular weight excluding hydrogens is 244 g/mol. The topological polar surface area (TPSA) is 47.3 Å². The second-order valence-corrected chi connectivity index (χ2v) is 4.33. The van der Waals surface area contributed by atoms with Gasteiger partial charge in [0.2, 0.25) is 0 Å². The quantitative estimate of drug-likeness (QED) is 0.642. The van der Waals surface area contributed by atoms with Crippen LogP contribution in [0, 0.1) is 13.8 Å². The molecule has 0 radical (unpaired) electrons. The van der Waals surface area contributed by atoms with Crippen LogP contribution >= 0.6 is 23.8 Å². The molecule has 0 heterocycles. The SMILES string of the molecule is Cc1cc(OCCNC(N)=S)cc(C)c1Cl. The second-order valence-electron chi connectivity index (χ2n) is 3.51. The average Bonchev–Trinajstić information content (AvgIpc) is 2.20. The van der Waals surface area contributed by atoms with E-state index in [0.717, 1.165) is 21.9 Å². The largest absolute Gasteiger partial charge is 0.492 e. The number of halogens is 1. The van der Waals surface area contributed by atoms with E-state index >= 15 is 0 Å². The highest BCUT2D eigenvalue weighted by molar-refractivity contribution is 7.80. The lowest BCUT2D eigenvalue weighted by Gasteiger charge is -2.10.